The van der Waals surface area contributed by atoms with Crippen molar-refractivity contribution in [1.82, 2.24) is 15.3 Å². The fraction of sp³-hybridized carbons (Fsp3) is 0.250. The Morgan fingerprint density at radius 1 is 1.05 bits per heavy atom. The van der Waals surface area contributed by atoms with Crippen LogP contribution in [0.5, 0.6) is 0 Å². The molecule has 22 heavy (non-hydrogen) atoms. The molecule has 0 fully saturated rings. The second-order valence-electron chi connectivity index (χ2n) is 5.18. The normalized spacial score (nSPS) is 10.3. The highest BCUT2D eigenvalue weighted by atomic mass is 16.2. The third-order valence-corrected chi connectivity index (χ3v) is 2.85. The van der Waals surface area contributed by atoms with Gasteiger partial charge in [0.2, 0.25) is 0 Å². The highest BCUT2D eigenvalue weighted by Gasteiger charge is 2.16. The fourth-order valence-electron chi connectivity index (χ4n) is 1.75. The number of hydrogen-bond donors (Lipinski definition) is 2. The number of rotatable bonds is 5. The molecule has 0 saturated carbocycles. The van der Waals surface area contributed by atoms with Gasteiger partial charge in [-0.3, -0.25) is 9.59 Å². The van der Waals surface area contributed by atoms with E-state index in [9.17, 15) is 9.59 Å². The maximum absolute atomic E-state index is 12.1. The fourth-order valence-corrected chi connectivity index (χ4v) is 1.75. The molecular formula is C16H18N4O2. The number of carbonyl (C=O) groups is 2. The summed E-state index contributed by atoms with van der Waals surface area (Å²) in [6.45, 7) is 4.52. The number of hydrogen-bond acceptors (Lipinski definition) is 4. The Balaban J connectivity index is 2.15. The number of amides is 2. The van der Waals surface area contributed by atoms with Crippen LogP contribution in [0.2, 0.25) is 0 Å². The molecule has 0 aliphatic heterocycles. The van der Waals surface area contributed by atoms with Crippen molar-refractivity contribution in [1.29, 1.82) is 0 Å². The lowest BCUT2D eigenvalue weighted by Gasteiger charge is -2.10. The zero-order valence-electron chi connectivity index (χ0n) is 12.5. The number of carbonyl (C=O) groups excluding carboxylic acids is 2. The first kappa shape index (κ1) is 15.6. The highest BCUT2D eigenvalue weighted by Crippen LogP contribution is 2.10. The van der Waals surface area contributed by atoms with Gasteiger partial charge in [-0.05, 0) is 18.1 Å². The predicted octanol–water partition coefficient (Wildman–Crippen LogP) is 2.11. The first-order chi connectivity index (χ1) is 10.6. The molecule has 0 atom stereocenters. The Labute approximate surface area is 129 Å². The number of aromatic nitrogens is 2. The molecule has 0 aliphatic rings. The van der Waals surface area contributed by atoms with Crippen LogP contribution < -0.4 is 10.6 Å². The van der Waals surface area contributed by atoms with Crippen molar-refractivity contribution in [3.63, 3.8) is 0 Å². The molecule has 1 aromatic heterocycles. The summed E-state index contributed by atoms with van der Waals surface area (Å²) in [7, 11) is 0. The number of benzene rings is 1. The summed E-state index contributed by atoms with van der Waals surface area (Å²) >= 11 is 0. The molecular weight excluding hydrogens is 280 g/mol. The monoisotopic (exact) mass is 298 g/mol. The van der Waals surface area contributed by atoms with Crippen LogP contribution in [0, 0.1) is 5.92 Å². The second-order valence-corrected chi connectivity index (χ2v) is 5.18. The van der Waals surface area contributed by atoms with Crippen LogP contribution in [0.25, 0.3) is 0 Å². The van der Waals surface area contributed by atoms with Gasteiger partial charge in [0.15, 0.2) is 11.5 Å². The molecule has 1 aromatic carbocycles. The summed E-state index contributed by atoms with van der Waals surface area (Å²) in [5, 5.41) is 5.38. The van der Waals surface area contributed by atoms with Crippen LogP contribution in [0.1, 0.15) is 34.7 Å². The van der Waals surface area contributed by atoms with E-state index >= 15 is 0 Å². The van der Waals surface area contributed by atoms with Gasteiger partial charge in [-0.15, -0.1) is 0 Å². The lowest BCUT2D eigenvalue weighted by molar-refractivity contribution is 0.0944. The summed E-state index contributed by atoms with van der Waals surface area (Å²) in [5.74, 6) is -0.218. The van der Waals surface area contributed by atoms with E-state index in [-0.39, 0.29) is 23.3 Å². The Morgan fingerprint density at radius 2 is 1.73 bits per heavy atom. The van der Waals surface area contributed by atoms with Gasteiger partial charge in [0.1, 0.15) is 0 Å². The minimum Gasteiger partial charge on any atom is -0.350 e. The van der Waals surface area contributed by atoms with Crippen LogP contribution in [0.4, 0.5) is 5.82 Å². The van der Waals surface area contributed by atoms with Gasteiger partial charge in [-0.1, -0.05) is 32.0 Å². The van der Waals surface area contributed by atoms with Crippen molar-refractivity contribution in [3.8, 4) is 0 Å². The third-order valence-electron chi connectivity index (χ3n) is 2.85. The van der Waals surface area contributed by atoms with Crippen molar-refractivity contribution in [2.24, 2.45) is 5.92 Å². The summed E-state index contributed by atoms with van der Waals surface area (Å²) < 4.78 is 0. The Hall–Kier alpha value is -2.76. The summed E-state index contributed by atoms with van der Waals surface area (Å²) in [6, 6.07) is 8.72. The minimum absolute atomic E-state index is 0.104. The topological polar surface area (TPSA) is 84.0 Å². The van der Waals surface area contributed by atoms with Gasteiger partial charge in [0.25, 0.3) is 11.8 Å². The molecule has 2 amide bonds. The lowest BCUT2D eigenvalue weighted by Crippen LogP contribution is -2.29. The summed E-state index contributed by atoms with van der Waals surface area (Å²) in [6.07, 6.45) is 2.85. The van der Waals surface area contributed by atoms with Crippen molar-refractivity contribution in [2.45, 2.75) is 13.8 Å². The average Bonchev–Trinajstić information content (AvgIpc) is 2.54. The van der Waals surface area contributed by atoms with E-state index in [1.54, 1.807) is 24.3 Å². The van der Waals surface area contributed by atoms with Crippen molar-refractivity contribution >= 4 is 17.6 Å². The van der Waals surface area contributed by atoms with E-state index in [1.165, 1.54) is 12.4 Å². The summed E-state index contributed by atoms with van der Waals surface area (Å²) in [4.78, 5) is 32.3. The Kier molecular flexibility index (Phi) is 5.19. The molecule has 1 heterocycles. The SMILES string of the molecule is CC(C)CNC(=O)c1nccnc1NC(=O)c1ccccc1. The first-order valence-electron chi connectivity index (χ1n) is 7.03. The quantitative estimate of drug-likeness (QED) is 0.885. The van der Waals surface area contributed by atoms with E-state index in [0.717, 1.165) is 0 Å². The van der Waals surface area contributed by atoms with Crippen LogP contribution in [-0.2, 0) is 0 Å². The van der Waals surface area contributed by atoms with Crippen molar-refractivity contribution < 1.29 is 9.59 Å². The van der Waals surface area contributed by atoms with E-state index in [2.05, 4.69) is 20.6 Å². The average molecular weight is 298 g/mol. The van der Waals surface area contributed by atoms with Gasteiger partial charge < -0.3 is 10.6 Å². The molecule has 2 N–H and O–H groups in total. The standard InChI is InChI=1S/C16H18N4O2/c1-11(2)10-19-16(22)13-14(18-9-8-17-13)20-15(21)12-6-4-3-5-7-12/h3-9,11H,10H2,1-2H3,(H,19,22)(H,18,20,21). The predicted molar refractivity (Wildman–Crippen MR) is 83.6 cm³/mol. The van der Waals surface area contributed by atoms with Crippen LogP contribution >= 0.6 is 0 Å². The Bertz CT molecular complexity index is 656. The Morgan fingerprint density at radius 3 is 2.41 bits per heavy atom. The van der Waals surface area contributed by atoms with Gasteiger partial charge in [-0.2, -0.15) is 0 Å². The van der Waals surface area contributed by atoms with E-state index in [4.69, 9.17) is 0 Å². The molecule has 0 spiro atoms. The lowest BCUT2D eigenvalue weighted by atomic mass is 10.2. The van der Waals surface area contributed by atoms with Crippen molar-refractivity contribution in [3.05, 3.63) is 54.0 Å². The van der Waals surface area contributed by atoms with Gasteiger partial charge in [0, 0.05) is 24.5 Å². The molecule has 0 unspecified atom stereocenters. The smallest absolute Gasteiger partial charge is 0.273 e. The van der Waals surface area contributed by atoms with Gasteiger partial charge in [-0.25, -0.2) is 9.97 Å². The largest absolute Gasteiger partial charge is 0.350 e. The van der Waals surface area contributed by atoms with Crippen LogP contribution in [0.3, 0.4) is 0 Å². The molecule has 2 aromatic rings. The molecule has 6 heteroatoms. The van der Waals surface area contributed by atoms with Gasteiger partial charge in [0.05, 0.1) is 0 Å². The van der Waals surface area contributed by atoms with E-state index < -0.39 is 0 Å². The van der Waals surface area contributed by atoms with E-state index in [0.29, 0.717) is 18.0 Å². The number of nitrogens with zero attached hydrogens (tertiary/aromatic N) is 2. The third kappa shape index (κ3) is 4.12. The van der Waals surface area contributed by atoms with Gasteiger partial charge >= 0.3 is 0 Å². The van der Waals surface area contributed by atoms with Crippen LogP contribution in [0.15, 0.2) is 42.7 Å². The van der Waals surface area contributed by atoms with Crippen LogP contribution in [-0.4, -0.2) is 28.3 Å². The first-order valence-corrected chi connectivity index (χ1v) is 7.03. The second kappa shape index (κ2) is 7.31. The maximum Gasteiger partial charge on any atom is 0.273 e. The molecule has 114 valence electrons. The maximum atomic E-state index is 12.1. The number of anilines is 1. The molecule has 2 rings (SSSR count). The molecule has 0 bridgehead atoms. The molecule has 0 aliphatic carbocycles. The summed E-state index contributed by atoms with van der Waals surface area (Å²) in [5.41, 5.74) is 0.592. The molecule has 0 saturated heterocycles. The molecule has 6 nitrogen and oxygen atoms in total. The van der Waals surface area contributed by atoms with E-state index in [1.807, 2.05) is 19.9 Å². The zero-order chi connectivity index (χ0) is 15.9. The van der Waals surface area contributed by atoms with Crippen molar-refractivity contribution in [2.75, 3.05) is 11.9 Å². The molecule has 0 radical (unpaired) electrons. The number of nitrogens with one attached hydrogen (secondary N) is 2. The minimum atomic E-state index is -0.356. The highest BCUT2D eigenvalue weighted by molar-refractivity contribution is 6.07. The zero-order valence-corrected chi connectivity index (χ0v) is 12.5.